The van der Waals surface area contributed by atoms with E-state index in [-0.39, 0.29) is 11.3 Å². The van der Waals surface area contributed by atoms with Gasteiger partial charge < -0.3 is 5.32 Å². The molecule has 1 aromatic rings. The van der Waals surface area contributed by atoms with Crippen molar-refractivity contribution in [1.29, 1.82) is 0 Å². The van der Waals surface area contributed by atoms with Gasteiger partial charge in [-0.15, -0.1) is 11.3 Å². The first-order valence-corrected chi connectivity index (χ1v) is 8.48. The summed E-state index contributed by atoms with van der Waals surface area (Å²) in [5.41, 5.74) is 0.938. The van der Waals surface area contributed by atoms with E-state index in [4.69, 9.17) is 0 Å². The molecule has 2 unspecified atom stereocenters. The van der Waals surface area contributed by atoms with Crippen LogP contribution in [0.3, 0.4) is 0 Å². The van der Waals surface area contributed by atoms with Crippen molar-refractivity contribution in [3.8, 4) is 0 Å². The Kier molecular flexibility index (Phi) is 3.85. The van der Waals surface area contributed by atoms with E-state index in [1.54, 1.807) is 0 Å². The maximum Gasteiger partial charge on any atom is 0.159 e. The maximum atomic E-state index is 12.0. The molecule has 0 aliphatic carbocycles. The number of sulfone groups is 1. The molecule has 1 aliphatic heterocycles. The number of nitrogens with one attached hydrogen (secondary N) is 1. The molecule has 4 nitrogen and oxygen atoms in total. The monoisotopic (exact) mass is 274 g/mol. The van der Waals surface area contributed by atoms with Crippen molar-refractivity contribution in [2.75, 3.05) is 12.8 Å². The normalized spacial score (nSPS) is 25.6. The van der Waals surface area contributed by atoms with E-state index in [0.29, 0.717) is 5.75 Å². The molecule has 0 spiro atoms. The van der Waals surface area contributed by atoms with E-state index in [1.807, 2.05) is 19.4 Å². The van der Waals surface area contributed by atoms with Gasteiger partial charge in [-0.05, 0) is 26.8 Å². The van der Waals surface area contributed by atoms with Crippen LogP contribution in [0.15, 0.2) is 5.38 Å². The molecule has 0 radical (unpaired) electrons. The SMILES string of the molecule is CNC(C)c1csc(C2CCCCS2(=O)=O)n1. The maximum absolute atomic E-state index is 12.0. The van der Waals surface area contributed by atoms with Crippen LogP contribution in [0, 0.1) is 0 Å². The number of nitrogens with zero attached hydrogens (tertiary/aromatic N) is 1. The van der Waals surface area contributed by atoms with E-state index in [2.05, 4.69) is 10.3 Å². The molecule has 96 valence electrons. The molecule has 1 fully saturated rings. The standard InChI is InChI=1S/C11H18N2O2S2/c1-8(12-2)9-7-16-11(13-9)10-5-3-4-6-17(10,14)15/h7-8,10,12H,3-6H2,1-2H3. The molecule has 0 saturated carbocycles. The molecule has 2 heterocycles. The fourth-order valence-electron chi connectivity index (χ4n) is 2.03. The summed E-state index contributed by atoms with van der Waals surface area (Å²) in [6.07, 6.45) is 2.51. The first-order valence-electron chi connectivity index (χ1n) is 5.89. The minimum Gasteiger partial charge on any atom is -0.312 e. The molecule has 1 aromatic heterocycles. The Bertz CT molecular complexity index is 481. The van der Waals surface area contributed by atoms with Crippen LogP contribution in [-0.4, -0.2) is 26.2 Å². The second kappa shape index (κ2) is 5.04. The zero-order chi connectivity index (χ0) is 12.5. The van der Waals surface area contributed by atoms with Crippen LogP contribution in [-0.2, 0) is 9.84 Å². The summed E-state index contributed by atoms with van der Waals surface area (Å²) in [5.74, 6) is 0.314. The molecular weight excluding hydrogens is 256 g/mol. The molecular formula is C11H18N2O2S2. The molecule has 6 heteroatoms. The smallest absolute Gasteiger partial charge is 0.159 e. The van der Waals surface area contributed by atoms with Gasteiger partial charge in [0.1, 0.15) is 10.3 Å². The minimum absolute atomic E-state index is 0.172. The van der Waals surface area contributed by atoms with Gasteiger partial charge in [-0.3, -0.25) is 0 Å². The molecule has 0 amide bonds. The number of hydrogen-bond acceptors (Lipinski definition) is 5. The number of hydrogen-bond donors (Lipinski definition) is 1. The average molecular weight is 274 g/mol. The fourth-order valence-corrected chi connectivity index (χ4v) is 5.34. The van der Waals surface area contributed by atoms with Gasteiger partial charge in [0.25, 0.3) is 0 Å². The Labute approximate surface area is 106 Å². The Morgan fingerprint density at radius 2 is 2.29 bits per heavy atom. The van der Waals surface area contributed by atoms with E-state index in [0.717, 1.165) is 30.0 Å². The highest BCUT2D eigenvalue weighted by molar-refractivity contribution is 7.91. The average Bonchev–Trinajstić information content (AvgIpc) is 2.76. The topological polar surface area (TPSA) is 59.1 Å². The van der Waals surface area contributed by atoms with Crippen LogP contribution in [0.2, 0.25) is 0 Å². The predicted molar refractivity (Wildman–Crippen MR) is 70.0 cm³/mol. The van der Waals surface area contributed by atoms with Crippen molar-refractivity contribution in [1.82, 2.24) is 10.3 Å². The molecule has 0 aromatic carbocycles. The van der Waals surface area contributed by atoms with E-state index < -0.39 is 9.84 Å². The lowest BCUT2D eigenvalue weighted by molar-refractivity contribution is 0.544. The highest BCUT2D eigenvalue weighted by Gasteiger charge is 2.32. The lowest BCUT2D eigenvalue weighted by atomic mass is 10.2. The Morgan fingerprint density at radius 1 is 1.53 bits per heavy atom. The van der Waals surface area contributed by atoms with Crippen LogP contribution in [0.1, 0.15) is 48.2 Å². The van der Waals surface area contributed by atoms with Gasteiger partial charge >= 0.3 is 0 Å². The molecule has 1 aliphatic rings. The van der Waals surface area contributed by atoms with Crippen molar-refractivity contribution < 1.29 is 8.42 Å². The quantitative estimate of drug-likeness (QED) is 0.916. The largest absolute Gasteiger partial charge is 0.312 e. The van der Waals surface area contributed by atoms with Crippen LogP contribution in [0.4, 0.5) is 0 Å². The molecule has 17 heavy (non-hydrogen) atoms. The van der Waals surface area contributed by atoms with Crippen LogP contribution in [0.25, 0.3) is 0 Å². The molecule has 2 rings (SSSR count). The summed E-state index contributed by atoms with van der Waals surface area (Å²) in [5, 5.41) is 5.48. The van der Waals surface area contributed by atoms with Gasteiger partial charge in [0.15, 0.2) is 9.84 Å². The first kappa shape index (κ1) is 13.0. The molecule has 2 atom stereocenters. The van der Waals surface area contributed by atoms with Crippen molar-refractivity contribution >= 4 is 21.2 Å². The van der Waals surface area contributed by atoms with Crippen molar-refractivity contribution in [3.05, 3.63) is 16.1 Å². The third-order valence-electron chi connectivity index (χ3n) is 3.27. The summed E-state index contributed by atoms with van der Waals surface area (Å²) in [6.45, 7) is 2.02. The molecule has 1 N–H and O–H groups in total. The number of rotatable bonds is 3. The van der Waals surface area contributed by atoms with Crippen LogP contribution < -0.4 is 5.32 Å². The van der Waals surface area contributed by atoms with Crippen molar-refractivity contribution in [2.24, 2.45) is 0 Å². The summed E-state index contributed by atoms with van der Waals surface area (Å²) in [6, 6.07) is 0.172. The van der Waals surface area contributed by atoms with Gasteiger partial charge in [0, 0.05) is 11.4 Å². The lowest BCUT2D eigenvalue weighted by Crippen LogP contribution is -2.21. The summed E-state index contributed by atoms with van der Waals surface area (Å²) in [7, 11) is -1.09. The summed E-state index contributed by atoms with van der Waals surface area (Å²) < 4.78 is 24.0. The zero-order valence-electron chi connectivity index (χ0n) is 10.1. The van der Waals surface area contributed by atoms with Gasteiger partial charge in [-0.25, -0.2) is 13.4 Å². The van der Waals surface area contributed by atoms with Crippen molar-refractivity contribution in [3.63, 3.8) is 0 Å². The summed E-state index contributed by atoms with van der Waals surface area (Å²) >= 11 is 1.47. The van der Waals surface area contributed by atoms with E-state index in [1.165, 1.54) is 11.3 Å². The number of thiazole rings is 1. The minimum atomic E-state index is -2.97. The summed E-state index contributed by atoms with van der Waals surface area (Å²) in [4.78, 5) is 4.48. The molecule has 0 bridgehead atoms. The Balaban J connectivity index is 2.25. The molecule has 1 saturated heterocycles. The third-order valence-corrected chi connectivity index (χ3v) is 6.58. The highest BCUT2D eigenvalue weighted by atomic mass is 32.2. The van der Waals surface area contributed by atoms with Crippen molar-refractivity contribution in [2.45, 2.75) is 37.5 Å². The first-order chi connectivity index (χ1) is 8.04. The second-order valence-corrected chi connectivity index (χ2v) is 7.67. The van der Waals surface area contributed by atoms with Gasteiger partial charge in [-0.2, -0.15) is 0 Å². The second-order valence-electron chi connectivity index (χ2n) is 4.47. The third kappa shape index (κ3) is 2.69. The van der Waals surface area contributed by atoms with Gasteiger partial charge in [0.05, 0.1) is 11.4 Å². The Morgan fingerprint density at radius 3 is 2.94 bits per heavy atom. The fraction of sp³-hybridized carbons (Fsp3) is 0.727. The van der Waals surface area contributed by atoms with Gasteiger partial charge in [-0.1, -0.05) is 6.42 Å². The Hall–Kier alpha value is -0.460. The lowest BCUT2D eigenvalue weighted by Gasteiger charge is -2.20. The van der Waals surface area contributed by atoms with E-state index in [9.17, 15) is 8.42 Å². The van der Waals surface area contributed by atoms with Crippen LogP contribution in [0.5, 0.6) is 0 Å². The number of aromatic nitrogens is 1. The predicted octanol–water partition coefficient (Wildman–Crippen LogP) is 2.06. The zero-order valence-corrected chi connectivity index (χ0v) is 11.8. The van der Waals surface area contributed by atoms with Gasteiger partial charge in [0.2, 0.25) is 0 Å². The van der Waals surface area contributed by atoms with Crippen LogP contribution >= 0.6 is 11.3 Å². The highest BCUT2D eigenvalue weighted by Crippen LogP contribution is 2.35. The van der Waals surface area contributed by atoms with E-state index >= 15 is 0 Å².